The summed E-state index contributed by atoms with van der Waals surface area (Å²) in [6.07, 6.45) is 89.5. The molecule has 75 heavy (non-hydrogen) atoms. The van der Waals surface area contributed by atoms with Gasteiger partial charge >= 0.3 is 17.9 Å². The zero-order valence-electron chi connectivity index (χ0n) is 48.0. The molecular formula is C69H108O6. The predicted octanol–water partition coefficient (Wildman–Crippen LogP) is 20.5. The number of hydrogen-bond donors (Lipinski definition) is 0. The van der Waals surface area contributed by atoms with Crippen LogP contribution < -0.4 is 0 Å². The van der Waals surface area contributed by atoms with Gasteiger partial charge < -0.3 is 14.2 Å². The highest BCUT2D eigenvalue weighted by Crippen LogP contribution is 2.14. The Morgan fingerprint density at radius 2 is 0.480 bits per heavy atom. The van der Waals surface area contributed by atoms with Crippen molar-refractivity contribution in [1.82, 2.24) is 0 Å². The number of carbonyl (C=O) groups is 3. The minimum Gasteiger partial charge on any atom is -0.462 e. The molecule has 0 bridgehead atoms. The fraction of sp³-hybridized carbons (Fsp3) is 0.580. The number of ether oxygens (including phenoxy) is 3. The summed E-state index contributed by atoms with van der Waals surface area (Å²) in [5.41, 5.74) is 0. The molecule has 0 saturated heterocycles. The van der Waals surface area contributed by atoms with E-state index in [4.69, 9.17) is 14.2 Å². The number of allylic oxidation sites excluding steroid dienone is 26. The Morgan fingerprint density at radius 1 is 0.267 bits per heavy atom. The minimum absolute atomic E-state index is 0.109. The normalized spacial score (nSPS) is 13.3. The molecule has 0 rings (SSSR count). The number of esters is 3. The molecule has 6 nitrogen and oxygen atoms in total. The molecule has 0 heterocycles. The molecule has 0 fully saturated rings. The second-order valence-corrected chi connectivity index (χ2v) is 19.1. The van der Waals surface area contributed by atoms with Gasteiger partial charge in [0.15, 0.2) is 6.10 Å². The summed E-state index contributed by atoms with van der Waals surface area (Å²) in [5.74, 6) is -0.974. The Kier molecular flexibility index (Phi) is 57.5. The fourth-order valence-corrected chi connectivity index (χ4v) is 7.63. The second-order valence-electron chi connectivity index (χ2n) is 19.1. The van der Waals surface area contributed by atoms with Crippen molar-refractivity contribution in [2.75, 3.05) is 13.2 Å². The zero-order chi connectivity index (χ0) is 54.3. The van der Waals surface area contributed by atoms with Crippen LogP contribution in [-0.2, 0) is 28.6 Å². The van der Waals surface area contributed by atoms with Crippen molar-refractivity contribution in [3.8, 4) is 0 Å². The van der Waals surface area contributed by atoms with Gasteiger partial charge in [-0.2, -0.15) is 0 Å². The van der Waals surface area contributed by atoms with Gasteiger partial charge in [-0.05, 0) is 141 Å². The van der Waals surface area contributed by atoms with Crippen molar-refractivity contribution in [2.24, 2.45) is 0 Å². The average molecular weight is 1030 g/mol. The van der Waals surface area contributed by atoms with E-state index in [-0.39, 0.29) is 31.1 Å². The SMILES string of the molecule is CC/C=C\C/C=C\C/C=C\C/C=C\C/C=C\C/C=C\C/C=C\CCCCCC(=O)OCC(COC(=O)CCCCCCC/C=C\C/C=C\C/C=C\CC)OC(=O)CCCCCCCCC/C=C\C/C=C\C/C=C\CC. The van der Waals surface area contributed by atoms with E-state index in [0.717, 1.165) is 180 Å². The van der Waals surface area contributed by atoms with E-state index < -0.39 is 6.10 Å². The van der Waals surface area contributed by atoms with Gasteiger partial charge in [-0.15, -0.1) is 0 Å². The molecule has 1 atom stereocenters. The van der Waals surface area contributed by atoms with E-state index in [0.29, 0.717) is 19.3 Å². The van der Waals surface area contributed by atoms with Gasteiger partial charge in [-0.1, -0.05) is 237 Å². The lowest BCUT2D eigenvalue weighted by Crippen LogP contribution is -2.30. The fourth-order valence-electron chi connectivity index (χ4n) is 7.63. The van der Waals surface area contributed by atoms with Crippen LogP contribution in [0.4, 0.5) is 0 Å². The van der Waals surface area contributed by atoms with Crippen molar-refractivity contribution in [3.05, 3.63) is 158 Å². The molecule has 0 radical (unpaired) electrons. The van der Waals surface area contributed by atoms with Crippen molar-refractivity contribution < 1.29 is 28.6 Å². The van der Waals surface area contributed by atoms with Crippen LogP contribution in [0, 0.1) is 0 Å². The monoisotopic (exact) mass is 1030 g/mol. The molecule has 0 saturated carbocycles. The third-order valence-corrected chi connectivity index (χ3v) is 12.0. The molecule has 0 aromatic rings. The quantitative estimate of drug-likeness (QED) is 0.0261. The number of rotatable bonds is 52. The molecular weight excluding hydrogens is 925 g/mol. The second kappa shape index (κ2) is 61.6. The average Bonchev–Trinajstić information content (AvgIpc) is 3.41. The van der Waals surface area contributed by atoms with Gasteiger partial charge in [0, 0.05) is 19.3 Å². The first kappa shape index (κ1) is 70.0. The molecule has 0 aliphatic heterocycles. The molecule has 0 N–H and O–H groups in total. The summed E-state index contributed by atoms with van der Waals surface area (Å²) in [6.45, 7) is 6.24. The molecule has 0 aliphatic carbocycles. The van der Waals surface area contributed by atoms with Crippen molar-refractivity contribution >= 4 is 17.9 Å². The molecule has 0 spiro atoms. The largest absolute Gasteiger partial charge is 0.462 e. The van der Waals surface area contributed by atoms with Crippen LogP contribution in [0.15, 0.2) is 158 Å². The molecule has 6 heteroatoms. The summed E-state index contributed by atoms with van der Waals surface area (Å²) in [5, 5.41) is 0. The lowest BCUT2D eigenvalue weighted by Gasteiger charge is -2.18. The smallest absolute Gasteiger partial charge is 0.306 e. The number of carbonyl (C=O) groups excluding carboxylic acids is 3. The van der Waals surface area contributed by atoms with Crippen molar-refractivity contribution in [2.45, 2.75) is 245 Å². The minimum atomic E-state index is -0.814. The Morgan fingerprint density at radius 3 is 0.760 bits per heavy atom. The van der Waals surface area contributed by atoms with Crippen molar-refractivity contribution in [3.63, 3.8) is 0 Å². The first-order chi connectivity index (χ1) is 37.0. The molecule has 0 aromatic carbocycles. The Balaban J connectivity index is 4.50. The maximum Gasteiger partial charge on any atom is 0.306 e. The lowest BCUT2D eigenvalue weighted by atomic mass is 10.1. The molecule has 0 aromatic heterocycles. The third kappa shape index (κ3) is 59.8. The highest BCUT2D eigenvalue weighted by Gasteiger charge is 2.19. The van der Waals surface area contributed by atoms with Crippen LogP contribution in [0.3, 0.4) is 0 Å². The van der Waals surface area contributed by atoms with E-state index in [2.05, 4.69) is 179 Å². The summed E-state index contributed by atoms with van der Waals surface area (Å²) >= 11 is 0. The molecule has 0 amide bonds. The Labute approximate surface area is 460 Å². The van der Waals surface area contributed by atoms with E-state index in [9.17, 15) is 14.4 Å². The standard InChI is InChI=1S/C69H108O6/c1-4-7-10-13-16-19-22-25-28-30-31-32-33-34-35-36-37-39-41-44-47-50-53-56-59-62-68(71)74-65-66(64-73-67(70)61-58-55-52-49-46-43-40-27-24-21-18-15-12-9-6-3)75-69(72)63-60-57-54-51-48-45-42-38-29-26-23-20-17-14-11-8-5-2/h7-12,16-21,25-29,31-32,34-35,37,39-40,44,47,66H,4-6,13-15,22-24,30,33,36,38,41-43,45-46,48-65H2,1-3H3/b10-7-,11-8-,12-9-,19-16-,20-17-,21-18-,28-25-,29-26-,32-31-,35-34-,39-37-,40-27-,47-44-. The van der Waals surface area contributed by atoms with Gasteiger partial charge in [0.1, 0.15) is 13.2 Å². The first-order valence-electron chi connectivity index (χ1n) is 30.0. The Hall–Kier alpha value is -4.97. The summed E-state index contributed by atoms with van der Waals surface area (Å²) in [7, 11) is 0. The zero-order valence-corrected chi connectivity index (χ0v) is 48.0. The molecule has 420 valence electrons. The molecule has 0 aliphatic rings. The van der Waals surface area contributed by atoms with Crippen LogP contribution in [0.5, 0.6) is 0 Å². The van der Waals surface area contributed by atoms with Crippen LogP contribution >= 0.6 is 0 Å². The van der Waals surface area contributed by atoms with Gasteiger partial charge in [-0.3, -0.25) is 14.4 Å². The van der Waals surface area contributed by atoms with E-state index in [1.54, 1.807) is 0 Å². The Bertz CT molecular complexity index is 1710. The van der Waals surface area contributed by atoms with E-state index >= 15 is 0 Å². The van der Waals surface area contributed by atoms with E-state index in [1.165, 1.54) is 19.3 Å². The predicted molar refractivity (Wildman–Crippen MR) is 325 cm³/mol. The summed E-state index contributed by atoms with van der Waals surface area (Å²) < 4.78 is 16.8. The van der Waals surface area contributed by atoms with Crippen LogP contribution in [-0.4, -0.2) is 37.2 Å². The number of hydrogen-bond acceptors (Lipinski definition) is 6. The van der Waals surface area contributed by atoms with Gasteiger partial charge in [0.2, 0.25) is 0 Å². The lowest BCUT2D eigenvalue weighted by molar-refractivity contribution is -0.167. The topological polar surface area (TPSA) is 78.9 Å². The van der Waals surface area contributed by atoms with Crippen LogP contribution in [0.2, 0.25) is 0 Å². The molecule has 1 unspecified atom stereocenters. The van der Waals surface area contributed by atoms with Gasteiger partial charge in [-0.25, -0.2) is 0 Å². The highest BCUT2D eigenvalue weighted by atomic mass is 16.6. The third-order valence-electron chi connectivity index (χ3n) is 12.0. The van der Waals surface area contributed by atoms with Crippen molar-refractivity contribution in [1.29, 1.82) is 0 Å². The van der Waals surface area contributed by atoms with Crippen LogP contribution in [0.25, 0.3) is 0 Å². The van der Waals surface area contributed by atoms with E-state index in [1.807, 2.05) is 0 Å². The van der Waals surface area contributed by atoms with Crippen LogP contribution in [0.1, 0.15) is 239 Å². The highest BCUT2D eigenvalue weighted by molar-refractivity contribution is 5.71. The summed E-state index contributed by atoms with van der Waals surface area (Å²) in [6, 6.07) is 0. The maximum absolute atomic E-state index is 12.9. The first-order valence-corrected chi connectivity index (χ1v) is 30.0. The van der Waals surface area contributed by atoms with Gasteiger partial charge in [0.25, 0.3) is 0 Å². The maximum atomic E-state index is 12.9. The number of unbranched alkanes of at least 4 members (excludes halogenated alkanes) is 15. The van der Waals surface area contributed by atoms with Gasteiger partial charge in [0.05, 0.1) is 0 Å². The summed E-state index contributed by atoms with van der Waals surface area (Å²) in [4.78, 5) is 38.2.